The van der Waals surface area contributed by atoms with Crippen LogP contribution in [-0.2, 0) is 11.3 Å². The number of carbonyl (C=O) groups excluding carboxylic acids is 1. The molecule has 1 aliphatic rings. The van der Waals surface area contributed by atoms with Gasteiger partial charge in [-0.15, -0.1) is 0 Å². The molecule has 2 aromatic carbocycles. The summed E-state index contributed by atoms with van der Waals surface area (Å²) in [6.45, 7) is 1.45. The highest BCUT2D eigenvalue weighted by molar-refractivity contribution is 5.95. The van der Waals surface area contributed by atoms with E-state index in [1.165, 1.54) is 0 Å². The Hall–Kier alpha value is -3.78. The zero-order valence-electron chi connectivity index (χ0n) is 17.6. The number of rotatable bonds is 6. The fraction of sp³-hybridized carbons (Fsp3) is 0.250. The first-order valence-electron chi connectivity index (χ1n) is 10.4. The SMILES string of the molecule is COCc1nc(-c2ccc(OC3CCN(C(=O)c4ccc5ccccc5n4)C3)cc2)no1. The summed E-state index contributed by atoms with van der Waals surface area (Å²) in [5.41, 5.74) is 2.11. The van der Waals surface area contributed by atoms with Crippen LogP contribution in [0.4, 0.5) is 0 Å². The molecule has 1 fully saturated rings. The Morgan fingerprint density at radius 3 is 2.78 bits per heavy atom. The lowest BCUT2D eigenvalue weighted by atomic mass is 10.2. The lowest BCUT2D eigenvalue weighted by molar-refractivity contribution is 0.0767. The van der Waals surface area contributed by atoms with Gasteiger partial charge >= 0.3 is 0 Å². The smallest absolute Gasteiger partial charge is 0.272 e. The molecule has 3 heterocycles. The standard InChI is InChI=1S/C24H22N4O4/c1-30-15-22-26-23(27-32-22)17-6-9-18(10-7-17)31-19-12-13-28(14-19)24(29)21-11-8-16-4-2-3-5-20(16)25-21/h2-11,19H,12-15H2,1H3. The zero-order chi connectivity index (χ0) is 21.9. The Kier molecular flexibility index (Phi) is 5.51. The molecule has 1 atom stereocenters. The molecule has 8 nitrogen and oxygen atoms in total. The molecule has 2 aromatic heterocycles. The molecular weight excluding hydrogens is 408 g/mol. The normalized spacial score (nSPS) is 15.9. The van der Waals surface area contributed by atoms with Crippen LogP contribution in [0, 0.1) is 0 Å². The van der Waals surface area contributed by atoms with E-state index in [0.717, 1.165) is 28.6 Å². The van der Waals surface area contributed by atoms with Crippen LogP contribution in [-0.4, -0.2) is 52.2 Å². The van der Waals surface area contributed by atoms with E-state index < -0.39 is 0 Å². The average Bonchev–Trinajstić information content (AvgIpc) is 3.49. The molecule has 0 spiro atoms. The highest BCUT2D eigenvalue weighted by atomic mass is 16.5. The van der Waals surface area contributed by atoms with Gasteiger partial charge in [0.25, 0.3) is 11.8 Å². The second-order valence-electron chi connectivity index (χ2n) is 7.64. The van der Waals surface area contributed by atoms with Gasteiger partial charge in [-0.2, -0.15) is 4.98 Å². The zero-order valence-corrected chi connectivity index (χ0v) is 17.6. The third kappa shape index (κ3) is 4.17. The lowest BCUT2D eigenvalue weighted by Gasteiger charge is -2.17. The first-order valence-corrected chi connectivity index (χ1v) is 10.4. The number of aromatic nitrogens is 3. The summed E-state index contributed by atoms with van der Waals surface area (Å²) in [5.74, 6) is 1.60. The maximum Gasteiger partial charge on any atom is 0.272 e. The molecule has 32 heavy (non-hydrogen) atoms. The van der Waals surface area contributed by atoms with Gasteiger partial charge in [0.15, 0.2) is 0 Å². The number of amides is 1. The number of methoxy groups -OCH3 is 1. The number of pyridine rings is 1. The summed E-state index contributed by atoms with van der Waals surface area (Å²) in [4.78, 5) is 23.5. The number of benzene rings is 2. The van der Waals surface area contributed by atoms with E-state index in [9.17, 15) is 4.79 Å². The Morgan fingerprint density at radius 2 is 1.94 bits per heavy atom. The van der Waals surface area contributed by atoms with Crippen LogP contribution in [0.15, 0.2) is 65.2 Å². The monoisotopic (exact) mass is 430 g/mol. The number of ether oxygens (including phenoxy) is 2. The van der Waals surface area contributed by atoms with Crippen molar-refractivity contribution in [3.63, 3.8) is 0 Å². The molecule has 1 unspecified atom stereocenters. The molecule has 0 saturated carbocycles. The van der Waals surface area contributed by atoms with Gasteiger partial charge in [-0.25, -0.2) is 4.98 Å². The van der Waals surface area contributed by atoms with Gasteiger partial charge in [-0.3, -0.25) is 4.79 Å². The highest BCUT2D eigenvalue weighted by Crippen LogP contribution is 2.24. The molecule has 0 radical (unpaired) electrons. The van der Waals surface area contributed by atoms with Gasteiger partial charge in [-0.1, -0.05) is 29.4 Å². The molecule has 4 aromatic rings. The molecule has 8 heteroatoms. The summed E-state index contributed by atoms with van der Waals surface area (Å²) in [6.07, 6.45) is 0.704. The molecule has 0 N–H and O–H groups in total. The van der Waals surface area contributed by atoms with Crippen LogP contribution in [0.2, 0.25) is 0 Å². The van der Waals surface area contributed by atoms with Gasteiger partial charge < -0.3 is 18.9 Å². The minimum atomic E-state index is -0.0684. The van der Waals surface area contributed by atoms with Crippen molar-refractivity contribution in [2.24, 2.45) is 0 Å². The Morgan fingerprint density at radius 1 is 1.09 bits per heavy atom. The van der Waals surface area contributed by atoms with E-state index in [1.54, 1.807) is 18.1 Å². The molecule has 0 aliphatic carbocycles. The fourth-order valence-electron chi connectivity index (χ4n) is 3.79. The van der Waals surface area contributed by atoms with Crippen molar-refractivity contribution >= 4 is 16.8 Å². The largest absolute Gasteiger partial charge is 0.489 e. The van der Waals surface area contributed by atoms with E-state index in [4.69, 9.17) is 14.0 Å². The predicted octanol–water partition coefficient (Wildman–Crippen LogP) is 3.72. The molecular formula is C24H22N4O4. The number of likely N-dealkylation sites (tertiary alicyclic amines) is 1. The number of fused-ring (bicyclic) bond motifs is 1. The van der Waals surface area contributed by atoms with Crippen LogP contribution < -0.4 is 4.74 Å². The lowest BCUT2D eigenvalue weighted by Crippen LogP contribution is -2.31. The van der Waals surface area contributed by atoms with Gasteiger partial charge in [0.2, 0.25) is 5.82 Å². The summed E-state index contributed by atoms with van der Waals surface area (Å²) >= 11 is 0. The van der Waals surface area contributed by atoms with Gasteiger partial charge in [0.05, 0.1) is 12.1 Å². The first kappa shape index (κ1) is 20.1. The Balaban J connectivity index is 1.21. The third-order valence-electron chi connectivity index (χ3n) is 5.40. The number of nitrogens with zero attached hydrogens (tertiary/aromatic N) is 4. The summed E-state index contributed by atoms with van der Waals surface area (Å²) < 4.78 is 16.2. The van der Waals surface area contributed by atoms with Crippen LogP contribution in [0.3, 0.4) is 0 Å². The third-order valence-corrected chi connectivity index (χ3v) is 5.40. The highest BCUT2D eigenvalue weighted by Gasteiger charge is 2.29. The van der Waals surface area contributed by atoms with Crippen molar-refractivity contribution in [3.05, 3.63) is 72.2 Å². The quantitative estimate of drug-likeness (QED) is 0.460. The molecule has 5 rings (SSSR count). The maximum absolute atomic E-state index is 12.9. The van der Waals surface area contributed by atoms with Crippen molar-refractivity contribution in [2.75, 3.05) is 20.2 Å². The Labute approximate surface area is 184 Å². The van der Waals surface area contributed by atoms with Crippen LogP contribution in [0.5, 0.6) is 5.75 Å². The minimum Gasteiger partial charge on any atom is -0.489 e. The van der Waals surface area contributed by atoms with Gasteiger partial charge in [0, 0.05) is 31.0 Å². The number of carbonyl (C=O) groups is 1. The Bertz CT molecular complexity index is 1240. The summed E-state index contributed by atoms with van der Waals surface area (Å²) in [5, 5.41) is 4.98. The van der Waals surface area contributed by atoms with Gasteiger partial charge in [0.1, 0.15) is 24.2 Å². The van der Waals surface area contributed by atoms with E-state index in [1.807, 2.05) is 54.6 Å². The van der Waals surface area contributed by atoms with Crippen molar-refractivity contribution in [1.82, 2.24) is 20.0 Å². The molecule has 1 saturated heterocycles. The second-order valence-corrected chi connectivity index (χ2v) is 7.64. The number of hydrogen-bond donors (Lipinski definition) is 0. The fourth-order valence-corrected chi connectivity index (χ4v) is 3.79. The van der Waals surface area contributed by atoms with E-state index in [0.29, 0.717) is 30.5 Å². The van der Waals surface area contributed by atoms with Crippen molar-refractivity contribution < 1.29 is 18.8 Å². The van der Waals surface area contributed by atoms with Crippen molar-refractivity contribution in [1.29, 1.82) is 0 Å². The van der Waals surface area contributed by atoms with E-state index in [-0.39, 0.29) is 18.6 Å². The second kappa shape index (κ2) is 8.76. The number of hydrogen-bond acceptors (Lipinski definition) is 7. The molecule has 1 aliphatic heterocycles. The maximum atomic E-state index is 12.9. The van der Waals surface area contributed by atoms with Crippen molar-refractivity contribution in [3.8, 4) is 17.1 Å². The first-order chi connectivity index (χ1) is 15.7. The van der Waals surface area contributed by atoms with Crippen LogP contribution in [0.25, 0.3) is 22.3 Å². The number of para-hydroxylation sites is 1. The average molecular weight is 430 g/mol. The predicted molar refractivity (Wildman–Crippen MR) is 117 cm³/mol. The van der Waals surface area contributed by atoms with Crippen LogP contribution >= 0.6 is 0 Å². The topological polar surface area (TPSA) is 90.6 Å². The summed E-state index contributed by atoms with van der Waals surface area (Å²) in [7, 11) is 1.58. The van der Waals surface area contributed by atoms with Crippen LogP contribution in [0.1, 0.15) is 22.8 Å². The van der Waals surface area contributed by atoms with Gasteiger partial charge in [-0.05, 0) is 36.4 Å². The summed E-state index contributed by atoms with van der Waals surface area (Å²) in [6, 6.07) is 19.0. The molecule has 162 valence electrons. The molecule has 0 bridgehead atoms. The van der Waals surface area contributed by atoms with Crippen molar-refractivity contribution in [2.45, 2.75) is 19.1 Å². The minimum absolute atomic E-state index is 0.0660. The van der Waals surface area contributed by atoms with E-state index in [2.05, 4.69) is 15.1 Å². The van der Waals surface area contributed by atoms with E-state index >= 15 is 0 Å². The molecule has 1 amide bonds.